The second-order valence-corrected chi connectivity index (χ2v) is 9.29. The van der Waals surface area contributed by atoms with Crippen LogP contribution in [0.3, 0.4) is 0 Å². The van der Waals surface area contributed by atoms with Crippen LogP contribution in [0.5, 0.6) is 0 Å². The van der Waals surface area contributed by atoms with E-state index in [1.165, 1.54) is 4.31 Å². The summed E-state index contributed by atoms with van der Waals surface area (Å²) in [5.74, 6) is 0.101. The van der Waals surface area contributed by atoms with Crippen LogP contribution in [0.15, 0.2) is 72.8 Å². The highest BCUT2D eigenvalue weighted by Crippen LogP contribution is 2.25. The minimum atomic E-state index is -3.19. The van der Waals surface area contributed by atoms with Gasteiger partial charge in [0.1, 0.15) is 0 Å². The van der Waals surface area contributed by atoms with Gasteiger partial charge in [-0.1, -0.05) is 42.5 Å². The maximum Gasteiger partial charge on any atom is 0.250 e. The summed E-state index contributed by atoms with van der Waals surface area (Å²) in [4.78, 5) is 14.5. The lowest BCUT2D eigenvalue weighted by molar-refractivity contribution is -0.114. The quantitative estimate of drug-likeness (QED) is 0.573. The first kappa shape index (κ1) is 20.2. The van der Waals surface area contributed by atoms with Crippen molar-refractivity contribution in [2.45, 2.75) is 13.3 Å². The number of anilines is 2. The Balaban J connectivity index is 1.50. The van der Waals surface area contributed by atoms with Crippen LogP contribution in [0.1, 0.15) is 18.9 Å². The molecule has 3 aromatic rings. The van der Waals surface area contributed by atoms with Gasteiger partial charge in [0.05, 0.1) is 11.4 Å². The third-order valence-corrected chi connectivity index (χ3v) is 7.20. The minimum Gasteiger partial charge on any atom is -0.309 e. The summed E-state index contributed by atoms with van der Waals surface area (Å²) >= 11 is 0. The zero-order valence-corrected chi connectivity index (χ0v) is 17.7. The Kier molecular flexibility index (Phi) is 5.59. The molecule has 0 radical (unpaired) electrons. The van der Waals surface area contributed by atoms with E-state index in [1.54, 1.807) is 29.2 Å². The van der Waals surface area contributed by atoms with E-state index in [9.17, 15) is 13.2 Å². The molecule has 1 heterocycles. The lowest BCUT2D eigenvalue weighted by Gasteiger charge is -2.20. The largest absolute Gasteiger partial charge is 0.309 e. The smallest absolute Gasteiger partial charge is 0.250 e. The van der Waals surface area contributed by atoms with Gasteiger partial charge < -0.3 is 4.90 Å². The van der Waals surface area contributed by atoms with Gasteiger partial charge in [-0.15, -0.1) is 0 Å². The van der Waals surface area contributed by atoms with Gasteiger partial charge in [0.25, 0.3) is 5.91 Å². The summed E-state index contributed by atoms with van der Waals surface area (Å²) in [6, 6.07) is 21.3. The first-order valence-corrected chi connectivity index (χ1v) is 11.7. The van der Waals surface area contributed by atoms with Crippen LogP contribution in [0.25, 0.3) is 16.8 Å². The predicted octanol–water partition coefficient (Wildman–Crippen LogP) is 4.45. The van der Waals surface area contributed by atoms with Crippen molar-refractivity contribution in [1.82, 2.24) is 0 Å². The summed E-state index contributed by atoms with van der Waals surface area (Å²) < 4.78 is 25.5. The van der Waals surface area contributed by atoms with E-state index in [-0.39, 0.29) is 11.7 Å². The van der Waals surface area contributed by atoms with E-state index >= 15 is 0 Å². The SMILES string of the molecule is CCN(C(=O)/C=C/c1ccc(N2CCCS2(=O)=O)cc1)c1ccc2ccccc2c1. The Morgan fingerprint density at radius 2 is 1.77 bits per heavy atom. The molecule has 0 N–H and O–H groups in total. The van der Waals surface area contributed by atoms with E-state index in [1.807, 2.05) is 61.5 Å². The van der Waals surface area contributed by atoms with Crippen molar-refractivity contribution in [3.8, 4) is 0 Å². The number of amides is 1. The molecule has 30 heavy (non-hydrogen) atoms. The van der Waals surface area contributed by atoms with Crippen molar-refractivity contribution in [3.05, 3.63) is 78.4 Å². The Morgan fingerprint density at radius 1 is 1.03 bits per heavy atom. The van der Waals surface area contributed by atoms with Gasteiger partial charge in [0, 0.05) is 24.9 Å². The van der Waals surface area contributed by atoms with Crippen molar-refractivity contribution >= 4 is 44.2 Å². The van der Waals surface area contributed by atoms with E-state index < -0.39 is 10.0 Å². The van der Waals surface area contributed by atoms with Crippen molar-refractivity contribution in [2.75, 3.05) is 28.0 Å². The molecule has 1 fully saturated rings. The van der Waals surface area contributed by atoms with E-state index in [4.69, 9.17) is 0 Å². The first-order valence-electron chi connectivity index (χ1n) is 10.1. The van der Waals surface area contributed by atoms with Crippen LogP contribution in [0.2, 0.25) is 0 Å². The molecule has 0 bridgehead atoms. The lowest BCUT2D eigenvalue weighted by atomic mass is 10.1. The van der Waals surface area contributed by atoms with Gasteiger partial charge in [-0.05, 0) is 60.0 Å². The van der Waals surface area contributed by atoms with Gasteiger partial charge in [0.2, 0.25) is 10.0 Å². The standard InChI is InChI=1S/C24H24N2O3S/c1-2-25(23-14-11-20-6-3-4-7-21(20)18-23)24(27)15-10-19-8-12-22(13-9-19)26-16-5-17-30(26,28)29/h3-4,6-15,18H,2,5,16-17H2,1H3/b15-10+. The zero-order chi connectivity index (χ0) is 21.1. The molecule has 1 aliphatic rings. The van der Waals surface area contributed by atoms with Gasteiger partial charge in [-0.2, -0.15) is 0 Å². The second-order valence-electron chi connectivity index (χ2n) is 7.28. The van der Waals surface area contributed by atoms with Crippen LogP contribution in [0.4, 0.5) is 11.4 Å². The van der Waals surface area contributed by atoms with Crippen LogP contribution in [-0.4, -0.2) is 33.2 Å². The number of carbonyl (C=O) groups excluding carboxylic acids is 1. The second kappa shape index (κ2) is 8.32. The summed E-state index contributed by atoms with van der Waals surface area (Å²) in [7, 11) is -3.19. The molecule has 0 aromatic heterocycles. The summed E-state index contributed by atoms with van der Waals surface area (Å²) in [6.07, 6.45) is 3.97. The van der Waals surface area contributed by atoms with Gasteiger partial charge in [0.15, 0.2) is 0 Å². The fraction of sp³-hybridized carbons (Fsp3) is 0.208. The highest BCUT2D eigenvalue weighted by molar-refractivity contribution is 7.93. The van der Waals surface area contributed by atoms with Crippen molar-refractivity contribution in [3.63, 3.8) is 0 Å². The maximum absolute atomic E-state index is 12.8. The van der Waals surface area contributed by atoms with E-state index in [0.29, 0.717) is 25.2 Å². The molecule has 0 unspecified atom stereocenters. The molecule has 0 aliphatic carbocycles. The highest BCUT2D eigenvalue weighted by atomic mass is 32.2. The predicted molar refractivity (Wildman–Crippen MR) is 123 cm³/mol. The monoisotopic (exact) mass is 420 g/mol. The minimum absolute atomic E-state index is 0.0982. The molecule has 0 spiro atoms. The number of fused-ring (bicyclic) bond motifs is 1. The Morgan fingerprint density at radius 3 is 2.43 bits per heavy atom. The molecule has 1 aliphatic heterocycles. The van der Waals surface area contributed by atoms with Crippen LogP contribution >= 0.6 is 0 Å². The molecule has 1 saturated heterocycles. The number of likely N-dealkylation sites (N-methyl/N-ethyl adjacent to an activating group) is 1. The number of hydrogen-bond donors (Lipinski definition) is 0. The summed E-state index contributed by atoms with van der Waals surface area (Å²) in [5.41, 5.74) is 2.38. The average molecular weight is 421 g/mol. The topological polar surface area (TPSA) is 57.7 Å². The van der Waals surface area contributed by atoms with Gasteiger partial charge in [-0.25, -0.2) is 8.42 Å². The molecule has 0 saturated carbocycles. The average Bonchev–Trinajstić information content (AvgIpc) is 3.12. The lowest BCUT2D eigenvalue weighted by Crippen LogP contribution is -2.28. The van der Waals surface area contributed by atoms with Crippen molar-refractivity contribution in [2.24, 2.45) is 0 Å². The van der Waals surface area contributed by atoms with Crippen LogP contribution in [0, 0.1) is 0 Å². The van der Waals surface area contributed by atoms with Gasteiger partial charge in [-0.3, -0.25) is 9.10 Å². The fourth-order valence-corrected chi connectivity index (χ4v) is 5.31. The highest BCUT2D eigenvalue weighted by Gasteiger charge is 2.28. The first-order chi connectivity index (χ1) is 14.5. The molecule has 0 atom stereocenters. The molecular weight excluding hydrogens is 396 g/mol. The molecule has 5 nitrogen and oxygen atoms in total. The number of benzene rings is 3. The molecule has 6 heteroatoms. The third-order valence-electron chi connectivity index (χ3n) is 5.33. The molecule has 1 amide bonds. The third kappa shape index (κ3) is 4.09. The molecule has 3 aromatic carbocycles. The molecular formula is C24H24N2O3S. The number of hydrogen-bond acceptors (Lipinski definition) is 3. The summed E-state index contributed by atoms with van der Waals surface area (Å²) in [5, 5.41) is 2.23. The van der Waals surface area contributed by atoms with Crippen molar-refractivity contribution < 1.29 is 13.2 Å². The van der Waals surface area contributed by atoms with Crippen LogP contribution in [-0.2, 0) is 14.8 Å². The Bertz CT molecular complexity index is 1200. The number of nitrogens with zero attached hydrogens (tertiary/aromatic N) is 2. The molecule has 154 valence electrons. The zero-order valence-electron chi connectivity index (χ0n) is 16.9. The fourth-order valence-electron chi connectivity index (χ4n) is 3.75. The normalized spacial score (nSPS) is 15.7. The Labute approximate surface area is 177 Å². The van der Waals surface area contributed by atoms with Crippen LogP contribution < -0.4 is 9.21 Å². The van der Waals surface area contributed by atoms with Gasteiger partial charge >= 0.3 is 0 Å². The van der Waals surface area contributed by atoms with E-state index in [0.717, 1.165) is 22.0 Å². The maximum atomic E-state index is 12.8. The molecule has 4 rings (SSSR count). The Hall–Kier alpha value is -3.12. The number of sulfonamides is 1. The van der Waals surface area contributed by atoms with Crippen molar-refractivity contribution in [1.29, 1.82) is 0 Å². The number of rotatable bonds is 5. The number of carbonyl (C=O) groups is 1. The summed E-state index contributed by atoms with van der Waals surface area (Å²) in [6.45, 7) is 3.03. The van der Waals surface area contributed by atoms with E-state index in [2.05, 4.69) is 0 Å².